The molecule has 0 spiro atoms. The average molecular weight is 471 g/mol. The minimum Gasteiger partial charge on any atom is -0.497 e. The van der Waals surface area contributed by atoms with Gasteiger partial charge in [0.2, 0.25) is 0 Å². The number of nitrogens with one attached hydrogen (secondary N) is 2. The van der Waals surface area contributed by atoms with Crippen LogP contribution in [0.15, 0.2) is 94.0 Å². The Balaban J connectivity index is 1.68. The number of rotatable bonds is 5. The van der Waals surface area contributed by atoms with Crippen molar-refractivity contribution in [2.45, 2.75) is 13.0 Å². The topological polar surface area (TPSA) is 88.5 Å². The number of hydrogen-bond donors (Lipinski definition) is 2. The molecule has 7 nitrogen and oxygen atoms in total. The van der Waals surface area contributed by atoms with E-state index in [0.717, 1.165) is 11.3 Å². The summed E-state index contributed by atoms with van der Waals surface area (Å²) >= 11 is 1.31. The van der Waals surface area contributed by atoms with Crippen molar-refractivity contribution >= 4 is 29.0 Å². The number of methoxy groups -OCH3 is 1. The fourth-order valence-corrected chi connectivity index (χ4v) is 5.05. The molecule has 0 radical (unpaired) electrons. The van der Waals surface area contributed by atoms with E-state index in [1.165, 1.54) is 11.3 Å². The number of benzene rings is 2. The van der Waals surface area contributed by atoms with Crippen LogP contribution >= 0.6 is 11.3 Å². The second kappa shape index (κ2) is 8.99. The summed E-state index contributed by atoms with van der Waals surface area (Å²) < 4.78 is 7.45. The molecule has 4 aromatic rings. The van der Waals surface area contributed by atoms with Crippen molar-refractivity contribution in [1.82, 2.24) is 9.55 Å². The summed E-state index contributed by atoms with van der Waals surface area (Å²) in [6, 6.07) is 19.8. The molecule has 3 heterocycles. The Morgan fingerprint density at radius 2 is 1.88 bits per heavy atom. The van der Waals surface area contributed by atoms with Crippen molar-refractivity contribution in [2.24, 2.45) is 4.99 Å². The maximum Gasteiger partial charge on any atom is 0.271 e. The maximum absolute atomic E-state index is 13.6. The third-order valence-electron chi connectivity index (χ3n) is 5.64. The van der Waals surface area contributed by atoms with E-state index in [9.17, 15) is 9.59 Å². The van der Waals surface area contributed by atoms with Crippen LogP contribution in [0, 0.1) is 0 Å². The molecule has 0 saturated carbocycles. The van der Waals surface area contributed by atoms with Crippen LogP contribution in [0.1, 0.15) is 24.2 Å². The van der Waals surface area contributed by atoms with Gasteiger partial charge >= 0.3 is 0 Å². The van der Waals surface area contributed by atoms with E-state index in [1.807, 2.05) is 66.7 Å². The van der Waals surface area contributed by atoms with E-state index in [2.05, 4.69) is 15.3 Å². The maximum atomic E-state index is 13.6. The number of fused-ring (bicyclic) bond motifs is 1. The minimum absolute atomic E-state index is 0.198. The SMILES string of the molecule is COc1ccc([C@H]2C(C(=O)Nc3ccccc3)=C(C)N=c3s/c(=C/c4ccc[nH]4)c(=O)n32)cc1. The summed E-state index contributed by atoms with van der Waals surface area (Å²) in [5, 5.41) is 2.95. The zero-order valence-corrected chi connectivity index (χ0v) is 19.4. The van der Waals surface area contributed by atoms with Crippen LogP contribution in [0.25, 0.3) is 6.08 Å². The first-order valence-electron chi connectivity index (χ1n) is 10.7. The molecule has 1 atom stereocenters. The molecule has 0 saturated heterocycles. The van der Waals surface area contributed by atoms with Gasteiger partial charge in [-0.25, -0.2) is 4.99 Å². The van der Waals surface area contributed by atoms with Gasteiger partial charge in [0.1, 0.15) is 5.75 Å². The summed E-state index contributed by atoms with van der Waals surface area (Å²) in [4.78, 5) is 35.4. The molecule has 1 aliphatic heterocycles. The fourth-order valence-electron chi connectivity index (χ4n) is 4.01. The zero-order chi connectivity index (χ0) is 23.7. The lowest BCUT2D eigenvalue weighted by Crippen LogP contribution is -2.40. The molecule has 0 bridgehead atoms. The van der Waals surface area contributed by atoms with Gasteiger partial charge in [0.15, 0.2) is 4.80 Å². The second-order valence-corrected chi connectivity index (χ2v) is 8.81. The molecule has 34 heavy (non-hydrogen) atoms. The Bertz CT molecular complexity index is 1550. The number of aromatic nitrogens is 2. The van der Waals surface area contributed by atoms with Gasteiger partial charge in [0, 0.05) is 17.6 Å². The number of hydrogen-bond acceptors (Lipinski definition) is 5. The number of nitrogens with zero attached hydrogens (tertiary/aromatic N) is 2. The molecule has 1 aliphatic rings. The molecule has 5 rings (SSSR count). The number of allylic oxidation sites excluding steroid dienone is 1. The van der Waals surface area contributed by atoms with E-state index < -0.39 is 6.04 Å². The average Bonchev–Trinajstić information content (AvgIpc) is 3.47. The van der Waals surface area contributed by atoms with E-state index in [4.69, 9.17) is 4.74 Å². The highest BCUT2D eigenvalue weighted by Crippen LogP contribution is 2.31. The van der Waals surface area contributed by atoms with Crippen molar-refractivity contribution in [3.63, 3.8) is 0 Å². The molecule has 8 heteroatoms. The lowest BCUT2D eigenvalue weighted by molar-refractivity contribution is -0.113. The van der Waals surface area contributed by atoms with Gasteiger partial charge in [-0.05, 0) is 55.0 Å². The van der Waals surface area contributed by atoms with Crippen LogP contribution < -0.4 is 24.9 Å². The van der Waals surface area contributed by atoms with Crippen molar-refractivity contribution in [2.75, 3.05) is 12.4 Å². The minimum atomic E-state index is -0.628. The molecule has 0 unspecified atom stereocenters. The van der Waals surface area contributed by atoms with Gasteiger partial charge < -0.3 is 15.0 Å². The van der Waals surface area contributed by atoms with Gasteiger partial charge in [0.05, 0.1) is 29.0 Å². The van der Waals surface area contributed by atoms with Crippen molar-refractivity contribution in [3.8, 4) is 5.75 Å². The number of carbonyl (C=O) groups excluding carboxylic acids is 1. The fraction of sp³-hybridized carbons (Fsp3) is 0.115. The van der Waals surface area contributed by atoms with Crippen molar-refractivity contribution < 1.29 is 9.53 Å². The van der Waals surface area contributed by atoms with Crippen LogP contribution in [-0.4, -0.2) is 22.6 Å². The van der Waals surface area contributed by atoms with Gasteiger partial charge in [-0.3, -0.25) is 14.2 Å². The standard InChI is InChI=1S/C26H22N4O3S/c1-16-22(24(31)29-18-7-4-3-5-8-18)23(17-10-12-20(33-2)13-11-17)30-25(32)21(34-26(30)28-16)15-19-9-6-14-27-19/h3-15,23,27H,1-2H3,(H,29,31)/b21-15+/t23-/m0/s1. The molecular weight excluding hydrogens is 448 g/mol. The summed E-state index contributed by atoms with van der Waals surface area (Å²) in [7, 11) is 1.60. The van der Waals surface area contributed by atoms with Crippen LogP contribution in [0.2, 0.25) is 0 Å². The quantitative estimate of drug-likeness (QED) is 0.470. The lowest BCUT2D eigenvalue weighted by atomic mass is 9.95. The normalized spacial score (nSPS) is 15.6. The number of thiazole rings is 1. The van der Waals surface area contributed by atoms with Crippen molar-refractivity contribution in [1.29, 1.82) is 0 Å². The highest BCUT2D eigenvalue weighted by atomic mass is 32.1. The Hall–Kier alpha value is -4.17. The second-order valence-electron chi connectivity index (χ2n) is 7.80. The van der Waals surface area contributed by atoms with Crippen LogP contribution in [-0.2, 0) is 4.79 Å². The molecular formula is C26H22N4O3S. The number of aromatic amines is 1. The van der Waals surface area contributed by atoms with Gasteiger partial charge in [-0.2, -0.15) is 0 Å². The molecule has 2 aromatic heterocycles. The molecule has 170 valence electrons. The number of anilines is 1. The van der Waals surface area contributed by atoms with Gasteiger partial charge in [-0.15, -0.1) is 0 Å². The molecule has 0 aliphatic carbocycles. The zero-order valence-electron chi connectivity index (χ0n) is 18.6. The predicted octanol–water partition coefficient (Wildman–Crippen LogP) is 3.21. The van der Waals surface area contributed by atoms with E-state index in [0.29, 0.717) is 32.0 Å². The summed E-state index contributed by atoms with van der Waals surface area (Å²) in [6.45, 7) is 1.80. The Morgan fingerprint density at radius 1 is 1.12 bits per heavy atom. The number of ether oxygens (including phenoxy) is 1. The highest BCUT2D eigenvalue weighted by Gasteiger charge is 2.32. The van der Waals surface area contributed by atoms with E-state index >= 15 is 0 Å². The number of amides is 1. The van der Waals surface area contributed by atoms with E-state index in [-0.39, 0.29) is 11.5 Å². The summed E-state index contributed by atoms with van der Waals surface area (Å²) in [5.74, 6) is 0.394. The van der Waals surface area contributed by atoms with Crippen LogP contribution in [0.3, 0.4) is 0 Å². The first-order valence-corrected chi connectivity index (χ1v) is 11.5. The lowest BCUT2D eigenvalue weighted by Gasteiger charge is -2.25. The van der Waals surface area contributed by atoms with Crippen LogP contribution in [0.4, 0.5) is 5.69 Å². The molecule has 2 N–H and O–H groups in total. The third-order valence-corrected chi connectivity index (χ3v) is 6.62. The van der Waals surface area contributed by atoms with Gasteiger partial charge in [0.25, 0.3) is 11.5 Å². The largest absolute Gasteiger partial charge is 0.497 e. The Morgan fingerprint density at radius 3 is 2.56 bits per heavy atom. The smallest absolute Gasteiger partial charge is 0.271 e. The van der Waals surface area contributed by atoms with Gasteiger partial charge in [-0.1, -0.05) is 41.7 Å². The monoisotopic (exact) mass is 470 g/mol. The first-order chi connectivity index (χ1) is 16.5. The van der Waals surface area contributed by atoms with Crippen molar-refractivity contribution in [3.05, 3.63) is 115 Å². The summed E-state index contributed by atoms with van der Waals surface area (Å²) in [6.07, 6.45) is 3.61. The van der Waals surface area contributed by atoms with Crippen LogP contribution in [0.5, 0.6) is 5.75 Å². The third kappa shape index (κ3) is 3.99. The number of para-hydroxylation sites is 1. The molecule has 1 amide bonds. The highest BCUT2D eigenvalue weighted by molar-refractivity contribution is 7.07. The number of carbonyl (C=O) groups is 1. The molecule has 2 aromatic carbocycles. The number of H-pyrrole nitrogens is 1. The predicted molar refractivity (Wildman–Crippen MR) is 133 cm³/mol. The first kappa shape index (κ1) is 21.7. The Labute approximate surface area is 199 Å². The van der Waals surface area contributed by atoms with E-state index in [1.54, 1.807) is 30.9 Å². The summed E-state index contributed by atoms with van der Waals surface area (Å²) in [5.41, 5.74) is 3.09. The Kier molecular flexibility index (Phi) is 5.73. The molecule has 0 fully saturated rings.